The second kappa shape index (κ2) is 11.3. The van der Waals surface area contributed by atoms with Crippen LogP contribution in [0.4, 0.5) is 0 Å². The molecule has 2 N–H and O–H groups in total. The van der Waals surface area contributed by atoms with Gasteiger partial charge in [0.05, 0.1) is 12.7 Å². The van der Waals surface area contributed by atoms with Crippen LogP contribution in [0.25, 0.3) is 0 Å². The van der Waals surface area contributed by atoms with Gasteiger partial charge in [0.2, 0.25) is 0 Å². The zero-order valence-electron chi connectivity index (χ0n) is 16.7. The summed E-state index contributed by atoms with van der Waals surface area (Å²) < 4.78 is 11.0. The third-order valence-corrected chi connectivity index (χ3v) is 4.28. The van der Waals surface area contributed by atoms with Crippen molar-refractivity contribution in [1.82, 2.24) is 10.6 Å². The Morgan fingerprint density at radius 3 is 2.68 bits per heavy atom. The monoisotopic (exact) mass is 355 g/mol. The summed E-state index contributed by atoms with van der Waals surface area (Å²) in [5, 5.41) is 6.57. The van der Waals surface area contributed by atoms with Gasteiger partial charge in [-0.25, -0.2) is 0 Å². The minimum Gasteiger partial charge on any atom is -0.466 e. The van der Waals surface area contributed by atoms with Crippen LogP contribution in [0.3, 0.4) is 0 Å². The van der Waals surface area contributed by atoms with Crippen molar-refractivity contribution in [3.8, 4) is 0 Å². The molecule has 1 rings (SSSR count). The highest BCUT2D eigenvalue weighted by Crippen LogP contribution is 2.34. The fraction of sp³-hybridized carbons (Fsp3) is 0.895. The summed E-state index contributed by atoms with van der Waals surface area (Å²) in [5.41, 5.74) is 0.131. The minimum atomic E-state index is -0.140. The van der Waals surface area contributed by atoms with Gasteiger partial charge in [0, 0.05) is 38.6 Å². The SMILES string of the molecule is CCNC(=NCC1CCCOC1C(C)(C)C)NCCCC(=O)OCC. The Labute approximate surface area is 153 Å². The second-order valence-corrected chi connectivity index (χ2v) is 7.61. The lowest BCUT2D eigenvalue weighted by molar-refractivity contribution is -0.143. The van der Waals surface area contributed by atoms with Gasteiger partial charge in [0.25, 0.3) is 0 Å². The zero-order chi connectivity index (χ0) is 18.7. The van der Waals surface area contributed by atoms with Crippen molar-refractivity contribution in [2.24, 2.45) is 16.3 Å². The van der Waals surface area contributed by atoms with Crippen molar-refractivity contribution in [3.63, 3.8) is 0 Å². The van der Waals surface area contributed by atoms with E-state index in [1.54, 1.807) is 0 Å². The van der Waals surface area contributed by atoms with Crippen LogP contribution < -0.4 is 10.6 Å². The zero-order valence-corrected chi connectivity index (χ0v) is 16.7. The molecule has 1 aliphatic heterocycles. The molecule has 0 aromatic carbocycles. The number of nitrogens with zero attached hydrogens (tertiary/aromatic N) is 1. The maximum absolute atomic E-state index is 11.4. The van der Waals surface area contributed by atoms with E-state index in [9.17, 15) is 4.79 Å². The third kappa shape index (κ3) is 8.56. The second-order valence-electron chi connectivity index (χ2n) is 7.61. The lowest BCUT2D eigenvalue weighted by Crippen LogP contribution is -2.43. The van der Waals surface area contributed by atoms with Crippen LogP contribution in [-0.2, 0) is 14.3 Å². The highest BCUT2D eigenvalue weighted by atomic mass is 16.5. The van der Waals surface area contributed by atoms with Crippen LogP contribution >= 0.6 is 0 Å². The van der Waals surface area contributed by atoms with Crippen molar-refractivity contribution in [2.45, 2.75) is 66.4 Å². The van der Waals surface area contributed by atoms with Crippen molar-refractivity contribution in [2.75, 3.05) is 32.8 Å². The molecule has 2 atom stereocenters. The van der Waals surface area contributed by atoms with E-state index in [0.29, 0.717) is 25.5 Å². The van der Waals surface area contributed by atoms with E-state index >= 15 is 0 Å². The molecule has 0 bridgehead atoms. The summed E-state index contributed by atoms with van der Waals surface area (Å²) in [7, 11) is 0. The highest BCUT2D eigenvalue weighted by molar-refractivity contribution is 5.79. The number of ether oxygens (including phenoxy) is 2. The minimum absolute atomic E-state index is 0.131. The molecule has 1 aliphatic rings. The quantitative estimate of drug-likeness (QED) is 0.303. The molecule has 6 nitrogen and oxygen atoms in total. The van der Waals surface area contributed by atoms with Crippen LogP contribution in [0, 0.1) is 11.3 Å². The van der Waals surface area contributed by atoms with E-state index in [2.05, 4.69) is 38.3 Å². The average Bonchev–Trinajstić information content (AvgIpc) is 2.56. The van der Waals surface area contributed by atoms with Gasteiger partial charge in [-0.3, -0.25) is 9.79 Å². The Bertz CT molecular complexity index is 419. The Kier molecular flexibility index (Phi) is 9.86. The van der Waals surface area contributed by atoms with Gasteiger partial charge >= 0.3 is 5.97 Å². The van der Waals surface area contributed by atoms with E-state index in [-0.39, 0.29) is 17.5 Å². The van der Waals surface area contributed by atoms with Crippen molar-refractivity contribution >= 4 is 11.9 Å². The van der Waals surface area contributed by atoms with E-state index in [1.165, 1.54) is 0 Å². The number of hydrogen-bond donors (Lipinski definition) is 2. The molecule has 1 fully saturated rings. The maximum atomic E-state index is 11.4. The molecule has 0 radical (unpaired) electrons. The van der Waals surface area contributed by atoms with Gasteiger partial charge in [-0.1, -0.05) is 20.8 Å². The Hall–Kier alpha value is -1.30. The fourth-order valence-electron chi connectivity index (χ4n) is 3.21. The van der Waals surface area contributed by atoms with Gasteiger partial charge < -0.3 is 20.1 Å². The normalized spacial score (nSPS) is 21.7. The van der Waals surface area contributed by atoms with Gasteiger partial charge in [0.1, 0.15) is 0 Å². The lowest BCUT2D eigenvalue weighted by Gasteiger charge is -2.39. The largest absolute Gasteiger partial charge is 0.466 e. The summed E-state index contributed by atoms with van der Waals surface area (Å²) >= 11 is 0. The first kappa shape index (κ1) is 21.7. The molecule has 0 saturated carbocycles. The number of carbonyl (C=O) groups is 1. The van der Waals surface area contributed by atoms with Crippen molar-refractivity contribution in [1.29, 1.82) is 0 Å². The predicted octanol–water partition coefficient (Wildman–Crippen LogP) is 2.73. The maximum Gasteiger partial charge on any atom is 0.305 e. The van der Waals surface area contributed by atoms with E-state index < -0.39 is 0 Å². The Morgan fingerprint density at radius 1 is 1.28 bits per heavy atom. The molecule has 0 aromatic heterocycles. The summed E-state index contributed by atoms with van der Waals surface area (Å²) in [4.78, 5) is 16.1. The van der Waals surface area contributed by atoms with Crippen LogP contribution in [0.1, 0.15) is 60.3 Å². The number of carbonyl (C=O) groups excluding carboxylic acids is 1. The number of hydrogen-bond acceptors (Lipinski definition) is 4. The highest BCUT2D eigenvalue weighted by Gasteiger charge is 2.35. The average molecular weight is 356 g/mol. The molecule has 25 heavy (non-hydrogen) atoms. The van der Waals surface area contributed by atoms with Crippen LogP contribution in [0.15, 0.2) is 4.99 Å². The molecule has 6 heteroatoms. The predicted molar refractivity (Wildman–Crippen MR) is 102 cm³/mol. The molecule has 0 aliphatic carbocycles. The van der Waals surface area contributed by atoms with E-state index in [1.807, 2.05) is 6.92 Å². The number of rotatable bonds is 8. The van der Waals surface area contributed by atoms with E-state index in [4.69, 9.17) is 14.5 Å². The van der Waals surface area contributed by atoms with Gasteiger partial charge in [-0.15, -0.1) is 0 Å². The summed E-state index contributed by atoms with van der Waals surface area (Å²) in [6, 6.07) is 0. The molecule has 1 saturated heterocycles. The Morgan fingerprint density at radius 2 is 2.04 bits per heavy atom. The van der Waals surface area contributed by atoms with Crippen molar-refractivity contribution in [3.05, 3.63) is 0 Å². The van der Waals surface area contributed by atoms with Gasteiger partial charge in [-0.2, -0.15) is 0 Å². The molecule has 1 heterocycles. The number of guanidine groups is 1. The number of aliphatic imine (C=N–C) groups is 1. The first-order chi connectivity index (χ1) is 11.9. The molecule has 2 unspecified atom stereocenters. The van der Waals surface area contributed by atoms with Crippen LogP contribution in [-0.4, -0.2) is 50.9 Å². The number of esters is 1. The molecular weight excluding hydrogens is 318 g/mol. The summed E-state index contributed by atoms with van der Waals surface area (Å²) in [6.45, 7) is 14.2. The van der Waals surface area contributed by atoms with Crippen molar-refractivity contribution < 1.29 is 14.3 Å². The first-order valence-corrected chi connectivity index (χ1v) is 9.67. The Balaban J connectivity index is 2.49. The third-order valence-electron chi connectivity index (χ3n) is 4.28. The summed E-state index contributed by atoms with van der Waals surface area (Å²) in [5.74, 6) is 1.12. The molecule has 0 spiro atoms. The molecule has 146 valence electrons. The molecule has 0 amide bonds. The first-order valence-electron chi connectivity index (χ1n) is 9.67. The smallest absolute Gasteiger partial charge is 0.305 e. The van der Waals surface area contributed by atoms with E-state index in [0.717, 1.165) is 44.9 Å². The van der Waals surface area contributed by atoms with Gasteiger partial charge in [-0.05, 0) is 38.5 Å². The fourth-order valence-corrected chi connectivity index (χ4v) is 3.21. The molecular formula is C19H37N3O3. The standard InChI is InChI=1S/C19H37N3O3/c1-6-20-18(21-12-8-11-16(23)24-7-2)22-14-15-10-9-13-25-17(15)19(3,4)5/h15,17H,6-14H2,1-5H3,(H2,20,21,22). The topological polar surface area (TPSA) is 72.0 Å². The van der Waals surface area contributed by atoms with Crippen LogP contribution in [0.5, 0.6) is 0 Å². The van der Waals surface area contributed by atoms with Gasteiger partial charge in [0.15, 0.2) is 5.96 Å². The number of nitrogens with one attached hydrogen (secondary N) is 2. The summed E-state index contributed by atoms with van der Waals surface area (Å²) in [6.07, 6.45) is 3.68. The lowest BCUT2D eigenvalue weighted by atomic mass is 9.78. The molecule has 0 aromatic rings. The van der Waals surface area contributed by atoms with Crippen LogP contribution in [0.2, 0.25) is 0 Å².